The molecule has 0 bridgehead atoms. The summed E-state index contributed by atoms with van der Waals surface area (Å²) in [5.41, 5.74) is 6.48. The maximum Gasteiger partial charge on any atom is 0.307 e. The number of pyridine rings is 1. The lowest BCUT2D eigenvalue weighted by Crippen LogP contribution is -2.03. The molecule has 0 radical (unpaired) electrons. The normalized spacial score (nSPS) is 11.6. The molecule has 0 fully saturated rings. The van der Waals surface area contributed by atoms with Crippen LogP contribution in [0.2, 0.25) is 0 Å². The van der Waals surface area contributed by atoms with E-state index in [1.54, 1.807) is 0 Å². The van der Waals surface area contributed by atoms with Crippen molar-refractivity contribution in [3.63, 3.8) is 0 Å². The molecule has 0 aliphatic carbocycles. The highest BCUT2D eigenvalue weighted by molar-refractivity contribution is 5.90. The quantitative estimate of drug-likeness (QED) is 0.686. The van der Waals surface area contributed by atoms with Crippen molar-refractivity contribution in [2.24, 2.45) is 0 Å². The lowest BCUT2D eigenvalue weighted by atomic mass is 9.98. The molecule has 3 rings (SSSR count). The molecular weight excluding hydrogens is 326 g/mol. The molecule has 3 aromatic rings. The highest BCUT2D eigenvalue weighted by Crippen LogP contribution is 2.33. The Morgan fingerprint density at radius 2 is 1.88 bits per heavy atom. The Hall–Kier alpha value is -2.88. The maximum atomic E-state index is 11.4. The minimum Gasteiger partial charge on any atom is -0.481 e. The third-order valence-electron chi connectivity index (χ3n) is 4.71. The average Bonchev–Trinajstić information content (AvgIpc) is 2.84. The fourth-order valence-electron chi connectivity index (χ4n) is 3.35. The number of aromatic nitrogens is 1. The van der Waals surface area contributed by atoms with E-state index in [0.717, 1.165) is 44.5 Å². The van der Waals surface area contributed by atoms with Gasteiger partial charge in [0.05, 0.1) is 11.9 Å². The number of benzene rings is 1. The number of aliphatic carboxylic acids is 1. The molecule has 4 heteroatoms. The number of hydrogen-bond acceptors (Lipinski definition) is 3. The summed E-state index contributed by atoms with van der Waals surface area (Å²) in [5.74, 6) is 0.649. The van der Waals surface area contributed by atoms with Crippen LogP contribution in [0.1, 0.15) is 40.5 Å². The summed E-state index contributed by atoms with van der Waals surface area (Å²) in [6, 6.07) is 5.91. The van der Waals surface area contributed by atoms with Crippen LogP contribution in [-0.2, 0) is 11.2 Å². The zero-order chi connectivity index (χ0) is 19.0. The van der Waals surface area contributed by atoms with Gasteiger partial charge in [0.15, 0.2) is 5.76 Å². The van der Waals surface area contributed by atoms with E-state index in [2.05, 4.69) is 6.07 Å². The Labute approximate surface area is 153 Å². The monoisotopic (exact) mass is 349 g/mol. The summed E-state index contributed by atoms with van der Waals surface area (Å²) in [6.07, 6.45) is 3.82. The zero-order valence-corrected chi connectivity index (χ0v) is 15.8. The third kappa shape index (κ3) is 3.15. The molecule has 0 unspecified atom stereocenters. The van der Waals surface area contributed by atoms with Crippen molar-refractivity contribution in [1.29, 1.82) is 0 Å². The maximum absolute atomic E-state index is 11.4. The molecule has 1 aromatic carbocycles. The number of carboxylic acid groups (broad SMARTS) is 1. The number of aryl methyl sites for hydroxylation is 2. The van der Waals surface area contributed by atoms with E-state index in [1.165, 1.54) is 0 Å². The molecular formula is C22H23NO3. The van der Waals surface area contributed by atoms with Gasteiger partial charge in [-0.2, -0.15) is 0 Å². The van der Waals surface area contributed by atoms with E-state index in [0.29, 0.717) is 11.5 Å². The van der Waals surface area contributed by atoms with Gasteiger partial charge in [0.2, 0.25) is 0 Å². The predicted octanol–water partition coefficient (Wildman–Crippen LogP) is 5.39. The Bertz CT molecular complexity index is 1040. The van der Waals surface area contributed by atoms with Crippen LogP contribution in [0.5, 0.6) is 0 Å². The van der Waals surface area contributed by atoms with Gasteiger partial charge < -0.3 is 9.52 Å². The van der Waals surface area contributed by atoms with Crippen molar-refractivity contribution >= 4 is 22.9 Å². The van der Waals surface area contributed by atoms with E-state index in [9.17, 15) is 9.90 Å². The lowest BCUT2D eigenvalue weighted by molar-refractivity contribution is -0.136. The summed E-state index contributed by atoms with van der Waals surface area (Å²) >= 11 is 0. The molecule has 0 amide bonds. The fraction of sp³-hybridized carbons (Fsp3) is 0.273. The average molecular weight is 349 g/mol. The van der Waals surface area contributed by atoms with Crippen molar-refractivity contribution < 1.29 is 14.3 Å². The number of furan rings is 1. The first-order valence-corrected chi connectivity index (χ1v) is 8.67. The van der Waals surface area contributed by atoms with Gasteiger partial charge in [-0.25, -0.2) is 4.98 Å². The van der Waals surface area contributed by atoms with Gasteiger partial charge in [0.1, 0.15) is 11.5 Å². The van der Waals surface area contributed by atoms with Crippen molar-refractivity contribution in [1.82, 2.24) is 4.98 Å². The third-order valence-corrected chi connectivity index (χ3v) is 4.71. The molecule has 26 heavy (non-hydrogen) atoms. The fourth-order valence-corrected chi connectivity index (χ4v) is 3.35. The van der Waals surface area contributed by atoms with Crippen LogP contribution in [0.25, 0.3) is 28.4 Å². The predicted molar refractivity (Wildman–Crippen MR) is 104 cm³/mol. The molecule has 0 saturated carbocycles. The van der Waals surface area contributed by atoms with E-state index in [1.807, 2.05) is 58.9 Å². The van der Waals surface area contributed by atoms with Crippen LogP contribution in [0.3, 0.4) is 0 Å². The molecule has 0 aliphatic heterocycles. The highest BCUT2D eigenvalue weighted by atomic mass is 16.4. The molecule has 0 aliphatic rings. The minimum atomic E-state index is -0.857. The van der Waals surface area contributed by atoms with E-state index >= 15 is 0 Å². The molecule has 0 atom stereocenters. The van der Waals surface area contributed by atoms with E-state index in [4.69, 9.17) is 9.40 Å². The minimum absolute atomic E-state index is 0.0463. The van der Waals surface area contributed by atoms with Gasteiger partial charge >= 0.3 is 5.97 Å². The van der Waals surface area contributed by atoms with Crippen molar-refractivity contribution in [3.05, 3.63) is 57.9 Å². The SMILES string of the molecule is C/C=C\c1oc(-c2cc(CC(=O)O)c3cc(C)cc(C)c3n2)c(C)c1C. The number of rotatable bonds is 4. The Kier molecular flexibility index (Phi) is 4.68. The highest BCUT2D eigenvalue weighted by Gasteiger charge is 2.18. The zero-order valence-electron chi connectivity index (χ0n) is 15.8. The Morgan fingerprint density at radius 3 is 2.54 bits per heavy atom. The second-order valence-corrected chi connectivity index (χ2v) is 6.76. The van der Waals surface area contributed by atoms with Crippen LogP contribution in [0.4, 0.5) is 0 Å². The van der Waals surface area contributed by atoms with Gasteiger partial charge in [0, 0.05) is 10.9 Å². The van der Waals surface area contributed by atoms with Crippen molar-refractivity contribution in [2.75, 3.05) is 0 Å². The number of hydrogen-bond donors (Lipinski definition) is 1. The summed E-state index contributed by atoms with van der Waals surface area (Å²) < 4.78 is 6.05. The lowest BCUT2D eigenvalue weighted by Gasteiger charge is -2.11. The first kappa shape index (κ1) is 17.9. The molecule has 1 N–H and O–H groups in total. The number of nitrogens with zero attached hydrogens (tertiary/aromatic N) is 1. The molecule has 134 valence electrons. The topological polar surface area (TPSA) is 63.3 Å². The van der Waals surface area contributed by atoms with Crippen LogP contribution in [0, 0.1) is 27.7 Å². The summed E-state index contributed by atoms with van der Waals surface area (Å²) in [5, 5.41) is 10.2. The first-order chi connectivity index (χ1) is 12.3. The van der Waals surface area contributed by atoms with Crippen molar-refractivity contribution in [2.45, 2.75) is 41.0 Å². The van der Waals surface area contributed by atoms with Gasteiger partial charge in [-0.15, -0.1) is 0 Å². The second kappa shape index (κ2) is 6.79. The molecule has 0 saturated heterocycles. The Morgan fingerprint density at radius 1 is 1.15 bits per heavy atom. The largest absolute Gasteiger partial charge is 0.481 e. The summed E-state index contributed by atoms with van der Waals surface area (Å²) in [6.45, 7) is 9.98. The number of carbonyl (C=O) groups is 1. The van der Waals surface area contributed by atoms with Gasteiger partial charge in [0.25, 0.3) is 0 Å². The molecule has 2 aromatic heterocycles. The van der Waals surface area contributed by atoms with Crippen LogP contribution >= 0.6 is 0 Å². The Balaban J connectivity index is 2.31. The number of allylic oxidation sites excluding steroid dienone is 1. The van der Waals surface area contributed by atoms with Crippen LogP contribution < -0.4 is 0 Å². The summed E-state index contributed by atoms with van der Waals surface area (Å²) in [4.78, 5) is 16.2. The smallest absolute Gasteiger partial charge is 0.307 e. The molecule has 4 nitrogen and oxygen atoms in total. The van der Waals surface area contributed by atoms with Gasteiger partial charge in [-0.05, 0) is 69.5 Å². The first-order valence-electron chi connectivity index (χ1n) is 8.67. The number of carboxylic acids is 1. The van der Waals surface area contributed by atoms with E-state index < -0.39 is 5.97 Å². The van der Waals surface area contributed by atoms with Gasteiger partial charge in [-0.3, -0.25) is 4.79 Å². The van der Waals surface area contributed by atoms with E-state index in [-0.39, 0.29) is 6.42 Å². The molecule has 2 heterocycles. The second-order valence-electron chi connectivity index (χ2n) is 6.76. The van der Waals surface area contributed by atoms with Crippen molar-refractivity contribution in [3.8, 4) is 11.5 Å². The summed E-state index contributed by atoms with van der Waals surface area (Å²) in [7, 11) is 0. The molecule has 0 spiro atoms. The standard InChI is InChI=1S/C22H23NO3/c1-6-7-19-14(4)15(5)22(26-19)18-10-16(11-20(24)25)17-9-12(2)8-13(3)21(17)23-18/h6-10H,11H2,1-5H3,(H,24,25)/b7-6-. The van der Waals surface area contributed by atoms with Crippen LogP contribution in [0.15, 0.2) is 28.7 Å². The van der Waals surface area contributed by atoms with Crippen LogP contribution in [-0.4, -0.2) is 16.1 Å². The van der Waals surface area contributed by atoms with Gasteiger partial charge in [-0.1, -0.05) is 17.7 Å². The number of fused-ring (bicyclic) bond motifs is 1.